The van der Waals surface area contributed by atoms with E-state index in [-0.39, 0.29) is 11.9 Å². The molecule has 0 aliphatic heterocycles. The number of halogens is 1. The minimum Gasteiger partial charge on any atom is -0.361 e. The van der Waals surface area contributed by atoms with Crippen LogP contribution in [0.25, 0.3) is 10.9 Å². The summed E-state index contributed by atoms with van der Waals surface area (Å²) in [5, 5.41) is 4.63. The smallest absolute Gasteiger partial charge is 0.123 e. The highest BCUT2D eigenvalue weighted by molar-refractivity contribution is 5.79. The fraction of sp³-hybridized carbons (Fsp3) is 0.176. The topological polar surface area (TPSA) is 27.8 Å². The zero-order valence-electron chi connectivity index (χ0n) is 11.4. The van der Waals surface area contributed by atoms with Gasteiger partial charge in [-0.3, -0.25) is 0 Å². The van der Waals surface area contributed by atoms with E-state index >= 15 is 0 Å². The molecule has 3 aromatic rings. The van der Waals surface area contributed by atoms with Crippen molar-refractivity contribution < 1.29 is 4.39 Å². The molecule has 0 fully saturated rings. The van der Waals surface area contributed by atoms with Crippen molar-refractivity contribution in [1.29, 1.82) is 0 Å². The molecule has 2 nitrogen and oxygen atoms in total. The summed E-state index contributed by atoms with van der Waals surface area (Å²) in [6.07, 6.45) is 1.94. The van der Waals surface area contributed by atoms with Gasteiger partial charge in [0.05, 0.1) is 0 Å². The minimum atomic E-state index is -0.191. The molecule has 3 rings (SSSR count). The summed E-state index contributed by atoms with van der Waals surface area (Å²) in [4.78, 5) is 3.21. The van der Waals surface area contributed by atoms with Crippen molar-refractivity contribution in [2.24, 2.45) is 0 Å². The van der Waals surface area contributed by atoms with Gasteiger partial charge in [0.15, 0.2) is 0 Å². The Morgan fingerprint density at radius 2 is 2.05 bits per heavy atom. The Kier molecular flexibility index (Phi) is 3.52. The van der Waals surface area contributed by atoms with Crippen LogP contribution >= 0.6 is 0 Å². The number of nitrogens with one attached hydrogen (secondary N) is 2. The Labute approximate surface area is 117 Å². The molecule has 0 saturated carbocycles. The van der Waals surface area contributed by atoms with Gasteiger partial charge < -0.3 is 10.3 Å². The number of benzene rings is 2. The summed E-state index contributed by atoms with van der Waals surface area (Å²) in [6, 6.07) is 15.3. The standard InChI is InChI=1S/C17H17FN2/c1-12(15-3-2-4-16(18)10-15)20-11-13-5-6-14-7-8-19-17(14)9-13/h2-10,12,19-20H,11H2,1H3/t12-/m0/s1. The molecule has 0 unspecified atom stereocenters. The van der Waals surface area contributed by atoms with E-state index in [4.69, 9.17) is 0 Å². The van der Waals surface area contributed by atoms with Gasteiger partial charge in [0.25, 0.3) is 0 Å². The maximum atomic E-state index is 13.2. The number of aromatic nitrogens is 1. The summed E-state index contributed by atoms with van der Waals surface area (Å²) < 4.78 is 13.2. The first-order chi connectivity index (χ1) is 9.72. The van der Waals surface area contributed by atoms with Crippen LogP contribution in [0, 0.1) is 5.82 Å². The van der Waals surface area contributed by atoms with Gasteiger partial charge >= 0.3 is 0 Å². The lowest BCUT2D eigenvalue weighted by molar-refractivity contribution is 0.565. The zero-order chi connectivity index (χ0) is 13.9. The molecule has 1 heterocycles. The van der Waals surface area contributed by atoms with Crippen molar-refractivity contribution in [3.05, 3.63) is 71.7 Å². The van der Waals surface area contributed by atoms with Crippen LogP contribution in [-0.4, -0.2) is 4.98 Å². The second-order valence-corrected chi connectivity index (χ2v) is 5.06. The van der Waals surface area contributed by atoms with E-state index in [9.17, 15) is 4.39 Å². The number of H-pyrrole nitrogens is 1. The van der Waals surface area contributed by atoms with Crippen molar-refractivity contribution in [2.75, 3.05) is 0 Å². The quantitative estimate of drug-likeness (QED) is 0.730. The SMILES string of the molecule is C[C@H](NCc1ccc2cc[nH]c2c1)c1cccc(F)c1. The Morgan fingerprint density at radius 1 is 1.15 bits per heavy atom. The predicted molar refractivity (Wildman–Crippen MR) is 80.0 cm³/mol. The molecular weight excluding hydrogens is 251 g/mol. The number of hydrogen-bond donors (Lipinski definition) is 2. The van der Waals surface area contributed by atoms with Crippen LogP contribution in [0.3, 0.4) is 0 Å². The van der Waals surface area contributed by atoms with Crippen LogP contribution in [0.1, 0.15) is 24.1 Å². The lowest BCUT2D eigenvalue weighted by atomic mass is 10.1. The fourth-order valence-corrected chi connectivity index (χ4v) is 2.37. The number of aromatic amines is 1. The molecule has 0 spiro atoms. The van der Waals surface area contributed by atoms with Crippen LogP contribution in [0.2, 0.25) is 0 Å². The first kappa shape index (κ1) is 12.9. The highest BCUT2D eigenvalue weighted by atomic mass is 19.1. The Hall–Kier alpha value is -2.13. The second-order valence-electron chi connectivity index (χ2n) is 5.06. The van der Waals surface area contributed by atoms with E-state index < -0.39 is 0 Å². The van der Waals surface area contributed by atoms with Gasteiger partial charge in [0.1, 0.15) is 5.82 Å². The van der Waals surface area contributed by atoms with Gasteiger partial charge in [-0.1, -0.05) is 24.3 Å². The van der Waals surface area contributed by atoms with Crippen LogP contribution in [0.5, 0.6) is 0 Å². The molecule has 2 N–H and O–H groups in total. The van der Waals surface area contributed by atoms with Gasteiger partial charge in [-0.2, -0.15) is 0 Å². The highest BCUT2D eigenvalue weighted by Crippen LogP contribution is 2.17. The molecule has 0 aliphatic carbocycles. The number of rotatable bonds is 4. The van der Waals surface area contributed by atoms with Crippen molar-refractivity contribution in [3.8, 4) is 0 Å². The van der Waals surface area contributed by atoms with E-state index in [1.807, 2.05) is 19.2 Å². The van der Waals surface area contributed by atoms with Gasteiger partial charge in [-0.25, -0.2) is 4.39 Å². The van der Waals surface area contributed by atoms with Crippen LogP contribution in [0.4, 0.5) is 4.39 Å². The largest absolute Gasteiger partial charge is 0.361 e. The Morgan fingerprint density at radius 3 is 2.90 bits per heavy atom. The molecule has 20 heavy (non-hydrogen) atoms. The van der Waals surface area contributed by atoms with E-state index in [0.717, 1.165) is 17.6 Å². The molecule has 0 saturated heterocycles. The fourth-order valence-electron chi connectivity index (χ4n) is 2.37. The molecule has 3 heteroatoms. The molecular formula is C17H17FN2. The van der Waals surface area contributed by atoms with Crippen molar-refractivity contribution in [2.45, 2.75) is 19.5 Å². The minimum absolute atomic E-state index is 0.116. The lowest BCUT2D eigenvalue weighted by Crippen LogP contribution is -2.18. The molecule has 1 atom stereocenters. The maximum absolute atomic E-state index is 13.2. The van der Waals surface area contributed by atoms with Gasteiger partial charge in [-0.15, -0.1) is 0 Å². The number of hydrogen-bond acceptors (Lipinski definition) is 1. The number of fused-ring (bicyclic) bond motifs is 1. The predicted octanol–water partition coefficient (Wildman–Crippen LogP) is 4.16. The van der Waals surface area contributed by atoms with Crippen LogP contribution in [0.15, 0.2) is 54.7 Å². The normalized spacial score (nSPS) is 12.7. The summed E-state index contributed by atoms with van der Waals surface area (Å²) in [7, 11) is 0. The molecule has 0 bridgehead atoms. The maximum Gasteiger partial charge on any atom is 0.123 e. The molecule has 0 radical (unpaired) electrons. The van der Waals surface area contributed by atoms with Gasteiger partial charge in [0, 0.05) is 24.3 Å². The molecule has 2 aromatic carbocycles. The first-order valence-electron chi connectivity index (χ1n) is 6.77. The molecule has 1 aromatic heterocycles. The third-order valence-electron chi connectivity index (χ3n) is 3.58. The Bertz CT molecular complexity index is 718. The van der Waals surface area contributed by atoms with E-state index in [0.29, 0.717) is 0 Å². The van der Waals surface area contributed by atoms with E-state index in [2.05, 4.69) is 34.6 Å². The van der Waals surface area contributed by atoms with Crippen LogP contribution in [-0.2, 0) is 6.54 Å². The zero-order valence-corrected chi connectivity index (χ0v) is 11.4. The molecule has 0 aliphatic rings. The summed E-state index contributed by atoms with van der Waals surface area (Å²) in [5.41, 5.74) is 3.32. The average Bonchev–Trinajstić information content (AvgIpc) is 2.92. The van der Waals surface area contributed by atoms with Crippen molar-refractivity contribution >= 4 is 10.9 Å². The third-order valence-corrected chi connectivity index (χ3v) is 3.58. The van der Waals surface area contributed by atoms with E-state index in [1.54, 1.807) is 12.1 Å². The molecule has 0 amide bonds. The second kappa shape index (κ2) is 5.47. The highest BCUT2D eigenvalue weighted by Gasteiger charge is 2.06. The van der Waals surface area contributed by atoms with Crippen molar-refractivity contribution in [3.63, 3.8) is 0 Å². The van der Waals surface area contributed by atoms with Crippen LogP contribution < -0.4 is 5.32 Å². The van der Waals surface area contributed by atoms with Crippen molar-refractivity contribution in [1.82, 2.24) is 10.3 Å². The monoisotopic (exact) mass is 268 g/mol. The average molecular weight is 268 g/mol. The van der Waals surface area contributed by atoms with Gasteiger partial charge in [-0.05, 0) is 47.7 Å². The third kappa shape index (κ3) is 2.73. The van der Waals surface area contributed by atoms with E-state index in [1.165, 1.54) is 17.0 Å². The van der Waals surface area contributed by atoms with Gasteiger partial charge in [0.2, 0.25) is 0 Å². The molecule has 102 valence electrons. The lowest BCUT2D eigenvalue weighted by Gasteiger charge is -2.14. The first-order valence-corrected chi connectivity index (χ1v) is 6.77. The Balaban J connectivity index is 1.69. The summed E-state index contributed by atoms with van der Waals surface area (Å²) in [6.45, 7) is 2.80. The summed E-state index contributed by atoms with van der Waals surface area (Å²) >= 11 is 0. The summed E-state index contributed by atoms with van der Waals surface area (Å²) in [5.74, 6) is -0.191.